The van der Waals surface area contributed by atoms with Gasteiger partial charge in [-0.2, -0.15) is 0 Å². The third-order valence-corrected chi connectivity index (χ3v) is 10.4. The van der Waals surface area contributed by atoms with Gasteiger partial charge in [0, 0.05) is 24.4 Å². The summed E-state index contributed by atoms with van der Waals surface area (Å²) in [6, 6.07) is 0. The largest absolute Gasteiger partial charge is 0.469 e. The van der Waals surface area contributed by atoms with Crippen molar-refractivity contribution in [2.24, 2.45) is 40.4 Å². The van der Waals surface area contributed by atoms with Gasteiger partial charge in [-0.05, 0) is 68.1 Å². The van der Waals surface area contributed by atoms with Crippen LogP contribution < -0.4 is 0 Å². The first-order valence-electron chi connectivity index (χ1n) is 11.2. The van der Waals surface area contributed by atoms with E-state index >= 15 is 0 Å². The molecule has 4 fully saturated rings. The summed E-state index contributed by atoms with van der Waals surface area (Å²) in [5.74, 6) is 1.72. The van der Waals surface area contributed by atoms with E-state index in [9.17, 15) is 9.90 Å². The van der Waals surface area contributed by atoms with Crippen LogP contribution in [0, 0.1) is 40.4 Å². The molecule has 1 spiro atoms. The summed E-state index contributed by atoms with van der Waals surface area (Å²) in [5, 5.41) is 12.6. The van der Waals surface area contributed by atoms with Gasteiger partial charge in [-0.15, -0.1) is 0 Å². The topological polar surface area (TPSA) is 49.8 Å². The van der Waals surface area contributed by atoms with Crippen molar-refractivity contribution < 1.29 is 14.6 Å². The second-order valence-electron chi connectivity index (χ2n) is 10.8. The molecule has 8 atom stereocenters. The fourth-order valence-electron chi connectivity index (χ4n) is 9.42. The highest BCUT2D eigenvalue weighted by Crippen LogP contribution is 2.79. The standard InChI is InChI=1S/C23H33NO3/c1-13-11-24-12-15-6-4-14-5-7-16-17(20(25)27-3)10-22(19(14)16)21(15,2)9-8-18(13)23(22,24)26/h13,15-18,26H,4-12H2,1-3H3/t13-,15-,16-,17-,18?,21?,22-,23-/m1/s1. The highest BCUT2D eigenvalue weighted by Gasteiger charge is 2.80. The van der Waals surface area contributed by atoms with E-state index < -0.39 is 5.72 Å². The number of esters is 1. The lowest BCUT2D eigenvalue weighted by Gasteiger charge is -2.69. The second-order valence-corrected chi connectivity index (χ2v) is 10.8. The zero-order valence-corrected chi connectivity index (χ0v) is 17.0. The Balaban J connectivity index is 1.65. The molecule has 4 nitrogen and oxygen atoms in total. The first-order chi connectivity index (χ1) is 12.9. The summed E-state index contributed by atoms with van der Waals surface area (Å²) < 4.78 is 5.28. The molecule has 4 heteroatoms. The van der Waals surface area contributed by atoms with E-state index in [1.165, 1.54) is 31.9 Å². The lowest BCUT2D eigenvalue weighted by molar-refractivity contribution is -0.294. The minimum absolute atomic E-state index is 0.0426. The molecule has 6 aliphatic rings. The monoisotopic (exact) mass is 371 g/mol. The fourth-order valence-corrected chi connectivity index (χ4v) is 9.42. The molecule has 148 valence electrons. The first-order valence-corrected chi connectivity index (χ1v) is 11.2. The number of methoxy groups -OCH3 is 1. The molecule has 27 heavy (non-hydrogen) atoms. The smallest absolute Gasteiger partial charge is 0.309 e. The molecular formula is C23H33NO3. The number of carbonyl (C=O) groups is 1. The molecule has 0 aromatic rings. The van der Waals surface area contributed by atoms with E-state index in [4.69, 9.17) is 4.74 Å². The maximum atomic E-state index is 12.8. The third kappa shape index (κ3) is 1.58. The van der Waals surface area contributed by atoms with Gasteiger partial charge in [-0.25, -0.2) is 0 Å². The molecule has 0 amide bonds. The van der Waals surface area contributed by atoms with Gasteiger partial charge in [0.2, 0.25) is 0 Å². The normalized spacial score (nSPS) is 55.5. The molecular weight excluding hydrogens is 338 g/mol. The van der Waals surface area contributed by atoms with Crippen molar-refractivity contribution in [1.82, 2.24) is 4.90 Å². The molecule has 0 aromatic carbocycles. The highest BCUT2D eigenvalue weighted by atomic mass is 16.5. The Morgan fingerprint density at radius 3 is 2.78 bits per heavy atom. The summed E-state index contributed by atoms with van der Waals surface area (Å²) >= 11 is 0. The molecule has 4 bridgehead atoms. The number of hydrogen-bond donors (Lipinski definition) is 1. The number of piperidine rings is 1. The molecule has 2 heterocycles. The molecule has 2 unspecified atom stereocenters. The zero-order chi connectivity index (χ0) is 18.8. The van der Waals surface area contributed by atoms with Crippen LogP contribution in [-0.4, -0.2) is 41.9 Å². The van der Waals surface area contributed by atoms with Crippen LogP contribution in [0.1, 0.15) is 58.8 Å². The first kappa shape index (κ1) is 17.0. The lowest BCUT2D eigenvalue weighted by Crippen LogP contribution is -2.74. The Bertz CT molecular complexity index is 761. The quantitative estimate of drug-likeness (QED) is 0.567. The fraction of sp³-hybridized carbons (Fsp3) is 0.870. The van der Waals surface area contributed by atoms with Crippen molar-refractivity contribution >= 4 is 5.97 Å². The van der Waals surface area contributed by atoms with Crippen molar-refractivity contribution in [2.45, 2.75) is 64.5 Å². The van der Waals surface area contributed by atoms with Crippen molar-refractivity contribution in [2.75, 3.05) is 20.2 Å². The van der Waals surface area contributed by atoms with Gasteiger partial charge >= 0.3 is 5.97 Å². The van der Waals surface area contributed by atoms with Crippen molar-refractivity contribution in [1.29, 1.82) is 0 Å². The van der Waals surface area contributed by atoms with Crippen molar-refractivity contribution in [3.63, 3.8) is 0 Å². The van der Waals surface area contributed by atoms with E-state index in [2.05, 4.69) is 18.7 Å². The van der Waals surface area contributed by atoms with Gasteiger partial charge in [-0.3, -0.25) is 9.69 Å². The third-order valence-electron chi connectivity index (χ3n) is 10.4. The van der Waals surface area contributed by atoms with Crippen LogP contribution in [0.25, 0.3) is 0 Å². The highest BCUT2D eigenvalue weighted by molar-refractivity contribution is 5.75. The van der Waals surface area contributed by atoms with Gasteiger partial charge in [0.15, 0.2) is 0 Å². The molecule has 0 radical (unpaired) electrons. The van der Waals surface area contributed by atoms with Crippen LogP contribution in [0.15, 0.2) is 11.1 Å². The maximum Gasteiger partial charge on any atom is 0.309 e. The maximum absolute atomic E-state index is 12.8. The SMILES string of the molecule is COC(=O)[C@@H]1C[C@@]23C4=C(CC[C@@H]5CN6C[C@@H](C)C(CCC52C)[C@]63O)CC[C@@H]41. The van der Waals surface area contributed by atoms with E-state index in [0.717, 1.165) is 38.8 Å². The predicted molar refractivity (Wildman–Crippen MR) is 102 cm³/mol. The van der Waals surface area contributed by atoms with Crippen LogP contribution >= 0.6 is 0 Å². The number of ether oxygens (including phenoxy) is 1. The van der Waals surface area contributed by atoms with Gasteiger partial charge in [0.25, 0.3) is 0 Å². The van der Waals surface area contributed by atoms with E-state index in [1.807, 2.05) is 0 Å². The molecule has 1 N–H and O–H groups in total. The molecule has 6 rings (SSSR count). The van der Waals surface area contributed by atoms with Crippen molar-refractivity contribution in [3.05, 3.63) is 11.1 Å². The minimum Gasteiger partial charge on any atom is -0.469 e. The minimum atomic E-state index is -0.758. The Labute approximate surface area is 162 Å². The van der Waals surface area contributed by atoms with Crippen LogP contribution in [0.4, 0.5) is 0 Å². The number of hydrogen-bond acceptors (Lipinski definition) is 4. The lowest BCUT2D eigenvalue weighted by atomic mass is 9.42. The molecule has 2 aliphatic heterocycles. The summed E-state index contributed by atoms with van der Waals surface area (Å²) in [5.41, 5.74) is 2.26. The van der Waals surface area contributed by atoms with Crippen LogP contribution in [0.5, 0.6) is 0 Å². The number of rotatable bonds is 1. The second kappa shape index (κ2) is 4.99. The average molecular weight is 372 g/mol. The Morgan fingerprint density at radius 1 is 1.22 bits per heavy atom. The predicted octanol–water partition coefficient (Wildman–Crippen LogP) is 3.35. The number of allylic oxidation sites excluding steroid dienone is 1. The van der Waals surface area contributed by atoms with Crippen LogP contribution in [-0.2, 0) is 9.53 Å². The van der Waals surface area contributed by atoms with Crippen LogP contribution in [0.3, 0.4) is 0 Å². The number of nitrogens with zero attached hydrogens (tertiary/aromatic N) is 1. The molecule has 4 aliphatic carbocycles. The summed E-state index contributed by atoms with van der Waals surface area (Å²) in [4.78, 5) is 15.3. The van der Waals surface area contributed by atoms with Crippen molar-refractivity contribution in [3.8, 4) is 0 Å². The van der Waals surface area contributed by atoms with Gasteiger partial charge in [-0.1, -0.05) is 25.0 Å². The Kier molecular flexibility index (Phi) is 3.15. The molecule has 2 saturated carbocycles. The molecule has 2 saturated heterocycles. The Morgan fingerprint density at radius 2 is 2.00 bits per heavy atom. The Hall–Kier alpha value is -0.870. The van der Waals surface area contributed by atoms with E-state index in [-0.39, 0.29) is 22.7 Å². The van der Waals surface area contributed by atoms with E-state index in [0.29, 0.717) is 23.7 Å². The summed E-state index contributed by atoms with van der Waals surface area (Å²) in [6.45, 7) is 6.89. The van der Waals surface area contributed by atoms with Crippen LogP contribution in [0.2, 0.25) is 0 Å². The number of aliphatic hydroxyl groups is 1. The summed E-state index contributed by atoms with van der Waals surface area (Å²) in [6.07, 6.45) is 7.83. The molecule has 0 aromatic heterocycles. The van der Waals surface area contributed by atoms with E-state index in [1.54, 1.807) is 5.57 Å². The van der Waals surface area contributed by atoms with Gasteiger partial charge in [0.1, 0.15) is 5.72 Å². The zero-order valence-electron chi connectivity index (χ0n) is 17.0. The number of carbonyl (C=O) groups excluding carboxylic acids is 1. The van der Waals surface area contributed by atoms with Gasteiger partial charge < -0.3 is 9.84 Å². The summed E-state index contributed by atoms with van der Waals surface area (Å²) in [7, 11) is 1.54. The average Bonchev–Trinajstić information content (AvgIpc) is 3.26. The van der Waals surface area contributed by atoms with Gasteiger partial charge in [0.05, 0.1) is 13.0 Å².